The van der Waals surface area contributed by atoms with Gasteiger partial charge in [0.2, 0.25) is 0 Å². The SMILES string of the molecule is [CH2]c1ccc(C(=O)Oc2ccc(Cl)cc2)cc1. The molecule has 0 atom stereocenters. The molecule has 2 aromatic rings. The highest BCUT2D eigenvalue weighted by molar-refractivity contribution is 6.30. The average Bonchev–Trinajstić information content (AvgIpc) is 2.33. The smallest absolute Gasteiger partial charge is 0.343 e. The first kappa shape index (κ1) is 11.7. The quantitative estimate of drug-likeness (QED) is 0.595. The van der Waals surface area contributed by atoms with Gasteiger partial charge in [-0.2, -0.15) is 0 Å². The molecule has 0 amide bonds. The second-order valence-electron chi connectivity index (χ2n) is 3.54. The minimum absolute atomic E-state index is 0.396. The molecule has 0 spiro atoms. The van der Waals surface area contributed by atoms with E-state index in [1.165, 1.54) is 0 Å². The fraction of sp³-hybridized carbons (Fsp3) is 0. The predicted molar refractivity (Wildman–Crippen MR) is 67.3 cm³/mol. The lowest BCUT2D eigenvalue weighted by molar-refractivity contribution is 0.0735. The number of hydrogen-bond acceptors (Lipinski definition) is 2. The summed E-state index contributed by atoms with van der Waals surface area (Å²) >= 11 is 5.74. The van der Waals surface area contributed by atoms with E-state index >= 15 is 0 Å². The first-order valence-electron chi connectivity index (χ1n) is 5.05. The Morgan fingerprint density at radius 3 is 2.18 bits per heavy atom. The summed E-state index contributed by atoms with van der Waals surface area (Å²) in [7, 11) is 0. The van der Waals surface area contributed by atoms with Gasteiger partial charge in [0.1, 0.15) is 5.75 Å². The van der Waals surface area contributed by atoms with Crippen molar-refractivity contribution in [1.82, 2.24) is 0 Å². The highest BCUT2D eigenvalue weighted by Gasteiger charge is 2.07. The number of esters is 1. The van der Waals surface area contributed by atoms with Gasteiger partial charge in [-0.25, -0.2) is 4.79 Å². The Hall–Kier alpha value is -1.80. The molecule has 0 saturated carbocycles. The van der Waals surface area contributed by atoms with Crippen molar-refractivity contribution < 1.29 is 9.53 Å². The third-order valence-corrected chi connectivity index (χ3v) is 2.47. The Kier molecular flexibility index (Phi) is 3.45. The summed E-state index contributed by atoms with van der Waals surface area (Å²) in [5.74, 6) is 0.0745. The molecule has 0 fully saturated rings. The van der Waals surface area contributed by atoms with Crippen molar-refractivity contribution in [2.75, 3.05) is 0 Å². The van der Waals surface area contributed by atoms with E-state index in [0.29, 0.717) is 16.3 Å². The van der Waals surface area contributed by atoms with E-state index < -0.39 is 5.97 Å². The average molecular weight is 246 g/mol. The van der Waals surface area contributed by atoms with Gasteiger partial charge < -0.3 is 4.74 Å². The fourth-order valence-corrected chi connectivity index (χ4v) is 1.44. The zero-order valence-corrected chi connectivity index (χ0v) is 9.78. The van der Waals surface area contributed by atoms with Crippen molar-refractivity contribution in [2.45, 2.75) is 0 Å². The lowest BCUT2D eigenvalue weighted by Crippen LogP contribution is -2.08. The van der Waals surface area contributed by atoms with Crippen molar-refractivity contribution in [3.05, 3.63) is 71.6 Å². The molecular weight excluding hydrogens is 236 g/mol. The lowest BCUT2D eigenvalue weighted by atomic mass is 10.1. The number of rotatable bonds is 2. The van der Waals surface area contributed by atoms with Crippen molar-refractivity contribution in [3.8, 4) is 5.75 Å². The molecule has 0 bridgehead atoms. The molecule has 2 aromatic carbocycles. The number of carbonyl (C=O) groups excluding carboxylic acids is 1. The molecule has 3 heteroatoms. The van der Waals surface area contributed by atoms with Crippen molar-refractivity contribution >= 4 is 17.6 Å². The standard InChI is InChI=1S/C14H10ClO2/c1-10-2-4-11(5-3-10)14(16)17-13-8-6-12(15)7-9-13/h2-9H,1H2. The summed E-state index contributed by atoms with van der Waals surface area (Å²) in [4.78, 5) is 11.7. The summed E-state index contributed by atoms with van der Waals surface area (Å²) < 4.78 is 5.18. The van der Waals surface area contributed by atoms with Crippen LogP contribution in [0.2, 0.25) is 5.02 Å². The minimum Gasteiger partial charge on any atom is -0.423 e. The lowest BCUT2D eigenvalue weighted by Gasteiger charge is -2.04. The van der Waals surface area contributed by atoms with Gasteiger partial charge in [0.15, 0.2) is 0 Å². The normalized spacial score (nSPS) is 10.0. The summed E-state index contributed by atoms with van der Waals surface area (Å²) in [5, 5.41) is 0.603. The monoisotopic (exact) mass is 245 g/mol. The molecule has 0 saturated heterocycles. The maximum absolute atomic E-state index is 11.7. The van der Waals surface area contributed by atoms with Crippen LogP contribution in [0.25, 0.3) is 0 Å². The highest BCUT2D eigenvalue weighted by Crippen LogP contribution is 2.17. The van der Waals surface area contributed by atoms with Crippen molar-refractivity contribution in [2.24, 2.45) is 0 Å². The van der Waals surface area contributed by atoms with Gasteiger partial charge in [-0.15, -0.1) is 0 Å². The van der Waals surface area contributed by atoms with Crippen LogP contribution in [0.3, 0.4) is 0 Å². The molecule has 0 heterocycles. The molecule has 85 valence electrons. The van der Waals surface area contributed by atoms with Crippen molar-refractivity contribution in [3.63, 3.8) is 0 Å². The molecule has 0 aliphatic rings. The summed E-state index contributed by atoms with van der Waals surface area (Å²) in [6.07, 6.45) is 0. The molecule has 17 heavy (non-hydrogen) atoms. The van der Waals surface area contributed by atoms with Gasteiger partial charge in [0.25, 0.3) is 0 Å². The van der Waals surface area contributed by atoms with Crippen LogP contribution in [-0.2, 0) is 0 Å². The van der Waals surface area contributed by atoms with E-state index in [9.17, 15) is 4.79 Å². The zero-order valence-electron chi connectivity index (χ0n) is 9.02. The highest BCUT2D eigenvalue weighted by atomic mass is 35.5. The summed E-state index contributed by atoms with van der Waals surface area (Å²) in [6.45, 7) is 3.75. The molecule has 0 N–H and O–H groups in total. The third-order valence-electron chi connectivity index (χ3n) is 2.21. The van der Waals surface area contributed by atoms with Crippen LogP contribution >= 0.6 is 11.6 Å². The van der Waals surface area contributed by atoms with E-state index in [0.717, 1.165) is 5.56 Å². The number of hydrogen-bond donors (Lipinski definition) is 0. The fourth-order valence-electron chi connectivity index (χ4n) is 1.31. The third kappa shape index (κ3) is 3.08. The topological polar surface area (TPSA) is 26.3 Å². The summed E-state index contributed by atoms with van der Waals surface area (Å²) in [6, 6.07) is 13.5. The second-order valence-corrected chi connectivity index (χ2v) is 3.98. The van der Waals surface area contributed by atoms with E-state index in [-0.39, 0.29) is 0 Å². The maximum atomic E-state index is 11.7. The van der Waals surface area contributed by atoms with Gasteiger partial charge in [-0.3, -0.25) is 0 Å². The molecule has 2 nitrogen and oxygen atoms in total. The Bertz CT molecular complexity index is 515. The van der Waals surface area contributed by atoms with Gasteiger partial charge in [-0.1, -0.05) is 23.7 Å². The van der Waals surface area contributed by atoms with Gasteiger partial charge in [0.05, 0.1) is 5.56 Å². The molecule has 0 unspecified atom stereocenters. The largest absolute Gasteiger partial charge is 0.423 e. The number of ether oxygens (including phenoxy) is 1. The van der Waals surface area contributed by atoms with Crippen LogP contribution in [0.1, 0.15) is 15.9 Å². The first-order chi connectivity index (χ1) is 8.15. The molecule has 0 aliphatic carbocycles. The van der Waals surface area contributed by atoms with Crippen LogP contribution in [0.15, 0.2) is 48.5 Å². The Labute approximate surface area is 105 Å². The van der Waals surface area contributed by atoms with E-state index in [2.05, 4.69) is 6.92 Å². The minimum atomic E-state index is -0.396. The van der Waals surface area contributed by atoms with Crippen LogP contribution < -0.4 is 4.74 Å². The number of carbonyl (C=O) groups is 1. The van der Waals surface area contributed by atoms with E-state index in [4.69, 9.17) is 16.3 Å². The van der Waals surface area contributed by atoms with Crippen LogP contribution in [0, 0.1) is 6.92 Å². The van der Waals surface area contributed by atoms with Crippen LogP contribution in [0.4, 0.5) is 0 Å². The van der Waals surface area contributed by atoms with Crippen LogP contribution in [-0.4, -0.2) is 5.97 Å². The molecule has 2 rings (SSSR count). The number of halogens is 1. The van der Waals surface area contributed by atoms with Gasteiger partial charge in [-0.05, 0) is 48.9 Å². The maximum Gasteiger partial charge on any atom is 0.343 e. The van der Waals surface area contributed by atoms with Gasteiger partial charge >= 0.3 is 5.97 Å². The Morgan fingerprint density at radius 1 is 1.00 bits per heavy atom. The zero-order chi connectivity index (χ0) is 12.3. The van der Waals surface area contributed by atoms with Crippen LogP contribution in [0.5, 0.6) is 5.75 Å². The molecule has 1 radical (unpaired) electrons. The van der Waals surface area contributed by atoms with E-state index in [1.807, 2.05) is 0 Å². The predicted octanol–water partition coefficient (Wildman–Crippen LogP) is 3.74. The Morgan fingerprint density at radius 2 is 1.59 bits per heavy atom. The van der Waals surface area contributed by atoms with Crippen molar-refractivity contribution in [1.29, 1.82) is 0 Å². The van der Waals surface area contributed by atoms with Gasteiger partial charge in [0, 0.05) is 5.02 Å². The van der Waals surface area contributed by atoms with E-state index in [1.54, 1.807) is 48.5 Å². The first-order valence-corrected chi connectivity index (χ1v) is 5.43. The Balaban J connectivity index is 2.11. The molecular formula is C14H10ClO2. The number of benzene rings is 2. The molecule has 0 aromatic heterocycles. The second kappa shape index (κ2) is 5.02. The summed E-state index contributed by atoms with van der Waals surface area (Å²) in [5.41, 5.74) is 1.35. The molecule has 0 aliphatic heterocycles.